The average Bonchev–Trinajstić information content (AvgIpc) is 2.93. The van der Waals surface area contributed by atoms with Crippen molar-refractivity contribution >= 4 is 44.5 Å². The summed E-state index contributed by atoms with van der Waals surface area (Å²) in [6.45, 7) is 13.0. The molecule has 0 amide bonds. The number of hydrogen-bond acceptors (Lipinski definition) is 4. The Morgan fingerprint density at radius 2 is 1.05 bits per heavy atom. The van der Waals surface area contributed by atoms with Crippen molar-refractivity contribution in [3.63, 3.8) is 0 Å². The van der Waals surface area contributed by atoms with Crippen LogP contribution in [0.4, 0.5) is 0 Å². The van der Waals surface area contributed by atoms with E-state index in [0.717, 1.165) is 22.3 Å². The van der Waals surface area contributed by atoms with Crippen molar-refractivity contribution in [3.05, 3.63) is 131 Å². The lowest BCUT2D eigenvalue weighted by Gasteiger charge is -2.19. The molecular formula is C34H38Br2N2O2. The van der Waals surface area contributed by atoms with E-state index in [-0.39, 0.29) is 44.2 Å². The monoisotopic (exact) mass is 664 g/mol. The molecule has 0 bridgehead atoms. The van der Waals surface area contributed by atoms with Crippen molar-refractivity contribution < 1.29 is 9.59 Å². The van der Waals surface area contributed by atoms with Gasteiger partial charge in [-0.05, 0) is 57.3 Å². The fourth-order valence-corrected chi connectivity index (χ4v) is 4.48. The standard InChI is InChI=1S/C17H18BrNO.C17H19NO.BrH/c1-17(2,3)14-6-4-13(5-7-14)16(20)15(18)12-8-10-19-11-9-12;1-17(2,3)15-6-4-14(5-7-15)16(19)12-13-8-10-18-11-9-13;/h4-11,15H,1-3H3;4-11H,12H2,1-3H3;1H. The Labute approximate surface area is 257 Å². The number of rotatable bonds is 6. The van der Waals surface area contributed by atoms with Gasteiger partial charge < -0.3 is 0 Å². The average molecular weight is 666 g/mol. The Balaban J connectivity index is 0.000000274. The molecule has 4 nitrogen and oxygen atoms in total. The van der Waals surface area contributed by atoms with Crippen LogP contribution in [0.25, 0.3) is 0 Å². The van der Waals surface area contributed by atoms with Crippen LogP contribution in [-0.4, -0.2) is 21.5 Å². The van der Waals surface area contributed by atoms with Gasteiger partial charge in [0.15, 0.2) is 11.6 Å². The third-order valence-corrected chi connectivity index (χ3v) is 7.40. The zero-order chi connectivity index (χ0) is 28.6. The van der Waals surface area contributed by atoms with Gasteiger partial charge in [0.1, 0.15) is 4.83 Å². The van der Waals surface area contributed by atoms with E-state index >= 15 is 0 Å². The van der Waals surface area contributed by atoms with Crippen LogP contribution in [0.3, 0.4) is 0 Å². The molecule has 1 atom stereocenters. The summed E-state index contributed by atoms with van der Waals surface area (Å²) >= 11 is 3.47. The van der Waals surface area contributed by atoms with Crippen molar-refractivity contribution in [2.24, 2.45) is 0 Å². The summed E-state index contributed by atoms with van der Waals surface area (Å²) in [5.74, 6) is 0.211. The predicted molar refractivity (Wildman–Crippen MR) is 173 cm³/mol. The fraction of sp³-hybridized carbons (Fsp3) is 0.294. The van der Waals surface area contributed by atoms with Gasteiger partial charge in [-0.3, -0.25) is 19.6 Å². The number of pyridine rings is 2. The maximum atomic E-state index is 12.4. The number of carbonyl (C=O) groups excluding carboxylic acids is 2. The summed E-state index contributed by atoms with van der Waals surface area (Å²) in [4.78, 5) is 32.2. The molecule has 0 radical (unpaired) electrons. The SMILES string of the molecule is Br.CC(C)(C)c1ccc(C(=O)C(Br)c2ccncc2)cc1.CC(C)(C)c1ccc(C(=O)Cc2ccncc2)cc1. The molecule has 1 unspecified atom stereocenters. The van der Waals surface area contributed by atoms with E-state index in [9.17, 15) is 9.59 Å². The van der Waals surface area contributed by atoms with Crippen molar-refractivity contribution in [2.75, 3.05) is 0 Å². The zero-order valence-corrected chi connectivity index (χ0v) is 27.3. The highest BCUT2D eigenvalue weighted by molar-refractivity contribution is 9.09. The van der Waals surface area contributed by atoms with E-state index < -0.39 is 0 Å². The molecule has 0 aliphatic rings. The first-order valence-electron chi connectivity index (χ1n) is 13.1. The van der Waals surface area contributed by atoms with Gasteiger partial charge in [0.25, 0.3) is 0 Å². The minimum atomic E-state index is -0.328. The van der Waals surface area contributed by atoms with Gasteiger partial charge in [0.2, 0.25) is 0 Å². The number of aromatic nitrogens is 2. The highest BCUT2D eigenvalue weighted by Gasteiger charge is 2.20. The number of Topliss-reactive ketones (excluding diaryl/α,β-unsaturated/α-hetero) is 2. The van der Waals surface area contributed by atoms with Crippen molar-refractivity contribution in [1.82, 2.24) is 9.97 Å². The molecule has 2 aromatic heterocycles. The predicted octanol–water partition coefficient (Wildman–Crippen LogP) is 9.08. The Kier molecular flexibility index (Phi) is 12.1. The van der Waals surface area contributed by atoms with Gasteiger partial charge in [-0.15, -0.1) is 17.0 Å². The molecule has 0 aliphatic carbocycles. The molecule has 2 heterocycles. The second kappa shape index (κ2) is 14.6. The number of carbonyl (C=O) groups is 2. The fourth-order valence-electron chi connectivity index (χ4n) is 3.91. The summed E-state index contributed by atoms with van der Waals surface area (Å²) in [6, 6.07) is 23.2. The maximum absolute atomic E-state index is 12.4. The summed E-state index contributed by atoms with van der Waals surface area (Å²) in [5, 5.41) is 0. The summed E-state index contributed by atoms with van der Waals surface area (Å²) in [7, 11) is 0. The van der Waals surface area contributed by atoms with Crippen molar-refractivity contribution in [2.45, 2.75) is 63.6 Å². The normalized spacial score (nSPS) is 11.9. The van der Waals surface area contributed by atoms with E-state index in [1.807, 2.05) is 72.8 Å². The molecule has 6 heteroatoms. The van der Waals surface area contributed by atoms with E-state index in [4.69, 9.17) is 0 Å². The van der Waals surface area contributed by atoms with Gasteiger partial charge in [-0.1, -0.05) is 106 Å². The number of ketones is 2. The maximum Gasteiger partial charge on any atom is 0.180 e. The number of nitrogens with zero attached hydrogens (tertiary/aromatic N) is 2. The Bertz CT molecular complexity index is 1360. The number of hydrogen-bond donors (Lipinski definition) is 0. The Hall–Kier alpha value is -2.96. The highest BCUT2D eigenvalue weighted by Crippen LogP contribution is 2.28. The second-order valence-electron chi connectivity index (χ2n) is 11.6. The minimum absolute atomic E-state index is 0. The second-order valence-corrected chi connectivity index (χ2v) is 12.5. The first-order valence-corrected chi connectivity index (χ1v) is 14.0. The Morgan fingerprint density at radius 3 is 1.48 bits per heavy atom. The largest absolute Gasteiger partial charge is 0.294 e. The summed E-state index contributed by atoms with van der Waals surface area (Å²) in [5.41, 5.74) is 6.09. The van der Waals surface area contributed by atoms with Gasteiger partial charge >= 0.3 is 0 Å². The number of alkyl halides is 1. The lowest BCUT2D eigenvalue weighted by molar-refractivity contribution is 0.0984. The van der Waals surface area contributed by atoms with E-state index in [2.05, 4.69) is 67.4 Å². The Morgan fingerprint density at radius 1 is 0.650 bits per heavy atom. The third-order valence-electron chi connectivity index (χ3n) is 6.45. The molecule has 0 fully saturated rings. The molecule has 210 valence electrons. The van der Waals surface area contributed by atoms with E-state index in [1.54, 1.807) is 24.8 Å². The molecule has 0 spiro atoms. The quantitative estimate of drug-likeness (QED) is 0.152. The summed E-state index contributed by atoms with van der Waals surface area (Å²) in [6.07, 6.45) is 7.24. The van der Waals surface area contributed by atoms with Crippen LogP contribution in [0.2, 0.25) is 0 Å². The number of benzene rings is 2. The van der Waals surface area contributed by atoms with Gasteiger partial charge in [-0.25, -0.2) is 0 Å². The van der Waals surface area contributed by atoms with Crippen LogP contribution in [0.1, 0.15) is 89.3 Å². The number of halogens is 2. The molecule has 0 N–H and O–H groups in total. The third kappa shape index (κ3) is 9.60. The molecule has 40 heavy (non-hydrogen) atoms. The van der Waals surface area contributed by atoms with Crippen LogP contribution in [-0.2, 0) is 17.3 Å². The van der Waals surface area contributed by atoms with Gasteiger partial charge in [0.05, 0.1) is 0 Å². The van der Waals surface area contributed by atoms with Crippen molar-refractivity contribution in [3.8, 4) is 0 Å². The lowest BCUT2D eigenvalue weighted by Crippen LogP contribution is -2.12. The van der Waals surface area contributed by atoms with Crippen LogP contribution < -0.4 is 0 Å². The highest BCUT2D eigenvalue weighted by atomic mass is 79.9. The first kappa shape index (κ1) is 33.2. The molecule has 4 rings (SSSR count). The van der Waals surface area contributed by atoms with E-state index in [1.165, 1.54) is 11.1 Å². The van der Waals surface area contributed by atoms with Crippen LogP contribution in [0.5, 0.6) is 0 Å². The molecule has 0 saturated heterocycles. The zero-order valence-electron chi connectivity index (χ0n) is 24.0. The molecule has 0 aliphatic heterocycles. The van der Waals surface area contributed by atoms with Gasteiger partial charge in [-0.2, -0.15) is 0 Å². The molecule has 2 aromatic carbocycles. The smallest absolute Gasteiger partial charge is 0.180 e. The van der Waals surface area contributed by atoms with Gasteiger partial charge in [0, 0.05) is 42.3 Å². The topological polar surface area (TPSA) is 59.9 Å². The van der Waals surface area contributed by atoms with E-state index in [0.29, 0.717) is 6.42 Å². The van der Waals surface area contributed by atoms with Crippen molar-refractivity contribution in [1.29, 1.82) is 0 Å². The minimum Gasteiger partial charge on any atom is -0.294 e. The van der Waals surface area contributed by atoms with Crippen LogP contribution in [0.15, 0.2) is 97.6 Å². The molecular weight excluding hydrogens is 628 g/mol. The molecule has 4 aromatic rings. The van der Waals surface area contributed by atoms with Crippen LogP contribution >= 0.6 is 32.9 Å². The first-order chi connectivity index (χ1) is 18.4. The molecule has 0 saturated carbocycles. The van der Waals surface area contributed by atoms with Crippen LogP contribution in [0, 0.1) is 0 Å². The lowest BCUT2D eigenvalue weighted by atomic mass is 9.86. The summed E-state index contributed by atoms with van der Waals surface area (Å²) < 4.78 is 0.